The van der Waals surface area contributed by atoms with Gasteiger partial charge in [-0.1, -0.05) is 12.1 Å². The summed E-state index contributed by atoms with van der Waals surface area (Å²) in [5.41, 5.74) is 7.86. The summed E-state index contributed by atoms with van der Waals surface area (Å²) in [4.78, 5) is 14.2. The van der Waals surface area contributed by atoms with Crippen molar-refractivity contribution in [2.75, 3.05) is 25.4 Å². The number of benzene rings is 1. The van der Waals surface area contributed by atoms with Gasteiger partial charge in [-0.2, -0.15) is 0 Å². The molecule has 20 heavy (non-hydrogen) atoms. The zero-order chi connectivity index (χ0) is 13.9. The molecule has 2 fully saturated rings. The minimum absolute atomic E-state index is 0.236. The lowest BCUT2D eigenvalue weighted by molar-refractivity contribution is -0.124. The van der Waals surface area contributed by atoms with Crippen LogP contribution in [0.3, 0.4) is 0 Å². The number of amides is 1. The topological polar surface area (TPSA) is 58.4 Å². The number of rotatable bonds is 4. The Morgan fingerprint density at radius 3 is 2.90 bits per heavy atom. The molecule has 2 saturated heterocycles. The molecule has 1 amide bonds. The first-order valence-electron chi connectivity index (χ1n) is 7.60. The van der Waals surface area contributed by atoms with Crippen LogP contribution in [-0.2, 0) is 11.2 Å². The van der Waals surface area contributed by atoms with E-state index < -0.39 is 0 Å². The molecule has 3 N–H and O–H groups in total. The van der Waals surface area contributed by atoms with E-state index in [1.165, 1.54) is 5.56 Å². The van der Waals surface area contributed by atoms with E-state index >= 15 is 0 Å². The molecule has 0 saturated carbocycles. The minimum atomic E-state index is 0.236. The van der Waals surface area contributed by atoms with Crippen LogP contribution in [0.5, 0.6) is 0 Å². The first-order valence-corrected chi connectivity index (χ1v) is 7.60. The molecule has 0 aromatic heterocycles. The van der Waals surface area contributed by atoms with Crippen LogP contribution in [0.4, 0.5) is 5.69 Å². The average molecular weight is 273 g/mol. The number of hydrogen-bond donors (Lipinski definition) is 2. The van der Waals surface area contributed by atoms with Crippen LogP contribution >= 0.6 is 0 Å². The van der Waals surface area contributed by atoms with Gasteiger partial charge in [-0.25, -0.2) is 0 Å². The minimum Gasteiger partial charge on any atom is -0.399 e. The Labute approximate surface area is 120 Å². The van der Waals surface area contributed by atoms with Crippen LogP contribution in [0.2, 0.25) is 0 Å². The largest absolute Gasteiger partial charge is 0.399 e. The van der Waals surface area contributed by atoms with Crippen molar-refractivity contribution in [1.82, 2.24) is 10.2 Å². The van der Waals surface area contributed by atoms with Crippen LogP contribution < -0.4 is 11.1 Å². The number of nitrogens with two attached hydrogens (primary N) is 1. The van der Waals surface area contributed by atoms with E-state index in [0.29, 0.717) is 6.04 Å². The van der Waals surface area contributed by atoms with Gasteiger partial charge in [0.2, 0.25) is 5.91 Å². The summed E-state index contributed by atoms with van der Waals surface area (Å²) in [6.07, 6.45) is 4.43. The number of piperidine rings is 1. The molecule has 4 nitrogen and oxygen atoms in total. The standard InChI is InChI=1S/C16H23N3O/c17-13-7-5-12(6-8-13)3-1-9-19-10-2-4-14-15(19)11-18-16(14)20/h5-8,14-15H,1-4,9-11,17H2,(H,18,20). The molecular formula is C16H23N3O. The molecular weight excluding hydrogens is 250 g/mol. The third-order valence-electron chi connectivity index (χ3n) is 4.61. The summed E-state index contributed by atoms with van der Waals surface area (Å²) in [6.45, 7) is 3.06. The number of aryl methyl sites for hydroxylation is 1. The molecule has 0 spiro atoms. The fourth-order valence-corrected chi connectivity index (χ4v) is 3.49. The monoisotopic (exact) mass is 273 g/mol. The molecule has 2 aliphatic heterocycles. The van der Waals surface area contributed by atoms with Crippen LogP contribution in [0.25, 0.3) is 0 Å². The smallest absolute Gasteiger partial charge is 0.224 e. The summed E-state index contributed by atoms with van der Waals surface area (Å²) in [5, 5.41) is 3.01. The van der Waals surface area contributed by atoms with Crippen LogP contribution in [0.1, 0.15) is 24.8 Å². The van der Waals surface area contributed by atoms with Gasteiger partial charge in [0.1, 0.15) is 0 Å². The van der Waals surface area contributed by atoms with Gasteiger partial charge >= 0.3 is 0 Å². The van der Waals surface area contributed by atoms with Crippen molar-refractivity contribution in [3.63, 3.8) is 0 Å². The number of likely N-dealkylation sites (tertiary alicyclic amines) is 1. The maximum Gasteiger partial charge on any atom is 0.224 e. The van der Waals surface area contributed by atoms with E-state index in [9.17, 15) is 4.79 Å². The number of nitrogens with one attached hydrogen (secondary N) is 1. The number of hydrogen-bond acceptors (Lipinski definition) is 3. The molecule has 2 aliphatic rings. The van der Waals surface area contributed by atoms with Gasteiger partial charge < -0.3 is 11.1 Å². The summed E-state index contributed by atoms with van der Waals surface area (Å²) < 4.78 is 0. The predicted molar refractivity (Wildman–Crippen MR) is 80.3 cm³/mol. The first-order chi connectivity index (χ1) is 9.74. The molecule has 1 aromatic rings. The predicted octanol–water partition coefficient (Wildman–Crippen LogP) is 1.41. The van der Waals surface area contributed by atoms with Gasteiger partial charge in [0.25, 0.3) is 0 Å². The number of carbonyl (C=O) groups excluding carboxylic acids is 1. The van der Waals surface area contributed by atoms with E-state index in [1.807, 2.05) is 12.1 Å². The lowest BCUT2D eigenvalue weighted by atomic mass is 9.91. The van der Waals surface area contributed by atoms with E-state index in [-0.39, 0.29) is 11.8 Å². The lowest BCUT2D eigenvalue weighted by Gasteiger charge is -2.35. The maximum atomic E-state index is 11.7. The summed E-state index contributed by atoms with van der Waals surface area (Å²) in [6, 6.07) is 8.57. The highest BCUT2D eigenvalue weighted by Crippen LogP contribution is 2.27. The van der Waals surface area contributed by atoms with Crippen molar-refractivity contribution in [3.8, 4) is 0 Å². The van der Waals surface area contributed by atoms with Crippen molar-refractivity contribution < 1.29 is 4.79 Å². The van der Waals surface area contributed by atoms with Gasteiger partial charge in [-0.3, -0.25) is 9.69 Å². The van der Waals surface area contributed by atoms with E-state index in [4.69, 9.17) is 5.73 Å². The SMILES string of the molecule is Nc1ccc(CCCN2CCCC3C(=O)NCC32)cc1. The Hall–Kier alpha value is -1.55. The van der Waals surface area contributed by atoms with Gasteiger partial charge in [-0.15, -0.1) is 0 Å². The third kappa shape index (κ3) is 2.80. The molecule has 108 valence electrons. The van der Waals surface area contributed by atoms with E-state index in [2.05, 4.69) is 22.3 Å². The molecule has 0 bridgehead atoms. The van der Waals surface area contributed by atoms with Gasteiger partial charge in [0.05, 0.1) is 5.92 Å². The van der Waals surface area contributed by atoms with Gasteiger partial charge in [0.15, 0.2) is 0 Å². The fourth-order valence-electron chi connectivity index (χ4n) is 3.49. The molecule has 3 rings (SSSR count). The Morgan fingerprint density at radius 2 is 2.10 bits per heavy atom. The molecule has 4 heteroatoms. The highest BCUT2D eigenvalue weighted by Gasteiger charge is 2.40. The van der Waals surface area contributed by atoms with Crippen molar-refractivity contribution in [1.29, 1.82) is 0 Å². The second-order valence-electron chi connectivity index (χ2n) is 5.94. The van der Waals surface area contributed by atoms with Crippen LogP contribution in [-0.4, -0.2) is 36.5 Å². The average Bonchev–Trinajstić information content (AvgIpc) is 2.84. The number of nitrogen functional groups attached to an aromatic ring is 1. The Balaban J connectivity index is 1.50. The molecule has 0 radical (unpaired) electrons. The van der Waals surface area contributed by atoms with Crippen LogP contribution in [0.15, 0.2) is 24.3 Å². The quantitative estimate of drug-likeness (QED) is 0.816. The number of anilines is 1. The number of carbonyl (C=O) groups is 1. The van der Waals surface area contributed by atoms with Crippen LogP contribution in [0, 0.1) is 5.92 Å². The Morgan fingerprint density at radius 1 is 1.30 bits per heavy atom. The number of nitrogens with zero attached hydrogens (tertiary/aromatic N) is 1. The molecule has 2 unspecified atom stereocenters. The van der Waals surface area contributed by atoms with Crippen molar-refractivity contribution in [3.05, 3.63) is 29.8 Å². The second-order valence-corrected chi connectivity index (χ2v) is 5.94. The third-order valence-corrected chi connectivity index (χ3v) is 4.61. The summed E-state index contributed by atoms with van der Waals surface area (Å²) in [7, 11) is 0. The molecule has 2 atom stereocenters. The maximum absolute atomic E-state index is 11.7. The summed E-state index contributed by atoms with van der Waals surface area (Å²) >= 11 is 0. The van der Waals surface area contributed by atoms with Crippen molar-refractivity contribution in [2.45, 2.75) is 31.7 Å². The zero-order valence-corrected chi connectivity index (χ0v) is 11.8. The zero-order valence-electron chi connectivity index (χ0n) is 11.8. The molecule has 2 heterocycles. The summed E-state index contributed by atoms with van der Waals surface area (Å²) in [5.74, 6) is 0.499. The van der Waals surface area contributed by atoms with E-state index in [0.717, 1.165) is 51.0 Å². The Bertz CT molecular complexity index is 471. The van der Waals surface area contributed by atoms with Gasteiger partial charge in [0, 0.05) is 18.3 Å². The van der Waals surface area contributed by atoms with Crippen molar-refractivity contribution >= 4 is 11.6 Å². The first kappa shape index (κ1) is 13.4. The van der Waals surface area contributed by atoms with Crippen molar-refractivity contribution in [2.24, 2.45) is 5.92 Å². The molecule has 0 aliphatic carbocycles. The van der Waals surface area contributed by atoms with E-state index in [1.54, 1.807) is 0 Å². The highest BCUT2D eigenvalue weighted by molar-refractivity contribution is 5.82. The lowest BCUT2D eigenvalue weighted by Crippen LogP contribution is -2.45. The number of fused-ring (bicyclic) bond motifs is 1. The fraction of sp³-hybridized carbons (Fsp3) is 0.562. The Kier molecular flexibility index (Phi) is 3.92. The highest BCUT2D eigenvalue weighted by atomic mass is 16.2. The normalized spacial score (nSPS) is 26.3. The second kappa shape index (κ2) is 5.83. The molecule has 1 aromatic carbocycles. The van der Waals surface area contributed by atoms with Gasteiger partial charge in [-0.05, 0) is 56.5 Å².